The maximum absolute atomic E-state index is 11.4. The van der Waals surface area contributed by atoms with Crippen LogP contribution in [0, 0.1) is 0 Å². The zero-order valence-electron chi connectivity index (χ0n) is 9.40. The summed E-state index contributed by atoms with van der Waals surface area (Å²) in [7, 11) is 1.52. The van der Waals surface area contributed by atoms with Crippen LogP contribution in [-0.4, -0.2) is 30.1 Å². The molecular weight excluding hydrogens is 222 g/mol. The Labute approximate surface area is 98.4 Å². The number of hydrogen-bond acceptors (Lipinski definition) is 3. The topological polar surface area (TPSA) is 75.6 Å². The van der Waals surface area contributed by atoms with Gasteiger partial charge in [-0.15, -0.1) is 0 Å². The molecule has 0 aromatic heterocycles. The van der Waals surface area contributed by atoms with Crippen molar-refractivity contribution in [3.63, 3.8) is 0 Å². The van der Waals surface area contributed by atoms with Gasteiger partial charge in [-0.05, 0) is 31.0 Å². The summed E-state index contributed by atoms with van der Waals surface area (Å²) in [5.74, 6) is -1.05. The normalized spacial score (nSPS) is 14.2. The van der Waals surface area contributed by atoms with E-state index in [0.717, 1.165) is 12.8 Å². The average Bonchev–Trinajstić information content (AvgIpc) is 3.11. The lowest BCUT2D eigenvalue weighted by atomic mass is 10.1. The summed E-state index contributed by atoms with van der Waals surface area (Å²) >= 11 is 0. The molecule has 0 atom stereocenters. The third-order valence-electron chi connectivity index (χ3n) is 2.52. The molecule has 2 N–H and O–H groups in total. The third kappa shape index (κ3) is 2.55. The van der Waals surface area contributed by atoms with Crippen LogP contribution in [0.25, 0.3) is 0 Å². The molecule has 5 heteroatoms. The predicted octanol–water partition coefficient (Wildman–Crippen LogP) is 1.29. The number of rotatable bonds is 4. The molecule has 1 saturated carbocycles. The maximum atomic E-state index is 11.4. The summed E-state index contributed by atoms with van der Waals surface area (Å²) in [6.45, 7) is 0. The minimum absolute atomic E-state index is 0.0875. The minimum Gasteiger partial charge on any atom is -0.490 e. The van der Waals surface area contributed by atoms with Crippen LogP contribution in [-0.2, 0) is 0 Å². The number of carbonyl (C=O) groups is 2. The van der Waals surface area contributed by atoms with Gasteiger partial charge in [-0.1, -0.05) is 0 Å². The molecule has 1 aliphatic rings. The summed E-state index contributed by atoms with van der Waals surface area (Å²) < 4.78 is 5.49. The Morgan fingerprint density at radius 3 is 2.65 bits per heavy atom. The first-order chi connectivity index (χ1) is 8.11. The van der Waals surface area contributed by atoms with Gasteiger partial charge >= 0.3 is 5.97 Å². The summed E-state index contributed by atoms with van der Waals surface area (Å²) in [6.07, 6.45) is 1.96. The molecule has 1 aromatic rings. The fraction of sp³-hybridized carbons (Fsp3) is 0.333. The molecule has 5 nitrogen and oxygen atoms in total. The van der Waals surface area contributed by atoms with Crippen LogP contribution in [0.1, 0.15) is 33.6 Å². The highest BCUT2D eigenvalue weighted by molar-refractivity contribution is 5.97. The molecule has 1 aromatic carbocycles. The van der Waals surface area contributed by atoms with Gasteiger partial charge in [0.15, 0.2) is 0 Å². The van der Waals surface area contributed by atoms with E-state index in [1.807, 2.05) is 0 Å². The van der Waals surface area contributed by atoms with Gasteiger partial charge in [0.1, 0.15) is 11.3 Å². The van der Waals surface area contributed by atoms with Crippen molar-refractivity contribution in [2.45, 2.75) is 18.9 Å². The van der Waals surface area contributed by atoms with Gasteiger partial charge in [0.25, 0.3) is 5.91 Å². The Morgan fingerprint density at radius 2 is 2.12 bits per heavy atom. The van der Waals surface area contributed by atoms with Crippen molar-refractivity contribution in [2.75, 3.05) is 7.05 Å². The van der Waals surface area contributed by atoms with Crippen molar-refractivity contribution in [3.8, 4) is 5.75 Å². The zero-order chi connectivity index (χ0) is 12.4. The quantitative estimate of drug-likeness (QED) is 0.824. The second kappa shape index (κ2) is 4.45. The lowest BCUT2D eigenvalue weighted by Gasteiger charge is -2.09. The van der Waals surface area contributed by atoms with E-state index >= 15 is 0 Å². The Kier molecular flexibility index (Phi) is 2.99. The van der Waals surface area contributed by atoms with Crippen LogP contribution < -0.4 is 10.1 Å². The summed E-state index contributed by atoms with van der Waals surface area (Å²) in [5.41, 5.74) is 0.484. The van der Waals surface area contributed by atoms with Gasteiger partial charge < -0.3 is 15.2 Å². The monoisotopic (exact) mass is 235 g/mol. The number of nitrogens with one attached hydrogen (secondary N) is 1. The van der Waals surface area contributed by atoms with Crippen molar-refractivity contribution in [2.24, 2.45) is 0 Å². The van der Waals surface area contributed by atoms with Crippen LogP contribution in [0.5, 0.6) is 5.75 Å². The SMILES string of the molecule is CNC(=O)c1ccc(C(=O)O)c(OC2CC2)c1. The summed E-state index contributed by atoms with van der Waals surface area (Å²) in [6, 6.07) is 4.34. The molecule has 0 radical (unpaired) electrons. The molecule has 0 bridgehead atoms. The number of ether oxygens (including phenoxy) is 1. The second-order valence-electron chi connectivity index (χ2n) is 3.91. The van der Waals surface area contributed by atoms with Gasteiger partial charge in [-0.3, -0.25) is 4.79 Å². The number of carboxylic acid groups (broad SMARTS) is 1. The van der Waals surface area contributed by atoms with E-state index in [1.54, 1.807) is 0 Å². The zero-order valence-corrected chi connectivity index (χ0v) is 9.40. The van der Waals surface area contributed by atoms with Crippen LogP contribution in [0.3, 0.4) is 0 Å². The Balaban J connectivity index is 2.34. The number of amides is 1. The van der Waals surface area contributed by atoms with E-state index in [0.29, 0.717) is 5.56 Å². The molecule has 2 rings (SSSR count). The Bertz CT molecular complexity index is 466. The summed E-state index contributed by atoms with van der Waals surface area (Å²) in [4.78, 5) is 22.4. The lowest BCUT2D eigenvalue weighted by Crippen LogP contribution is -2.18. The molecule has 90 valence electrons. The molecule has 0 spiro atoms. The van der Waals surface area contributed by atoms with E-state index in [9.17, 15) is 9.59 Å². The number of carboxylic acids is 1. The third-order valence-corrected chi connectivity index (χ3v) is 2.52. The molecule has 1 aliphatic carbocycles. The van der Waals surface area contributed by atoms with Crippen LogP contribution >= 0.6 is 0 Å². The minimum atomic E-state index is -1.05. The molecule has 1 amide bonds. The van der Waals surface area contributed by atoms with Gasteiger partial charge in [-0.2, -0.15) is 0 Å². The van der Waals surface area contributed by atoms with Gasteiger partial charge in [0.2, 0.25) is 0 Å². The standard InChI is InChI=1S/C12H13NO4/c1-13-11(14)7-2-5-9(12(15)16)10(6-7)17-8-3-4-8/h2,5-6,8H,3-4H2,1H3,(H,13,14)(H,15,16). The summed E-state index contributed by atoms with van der Waals surface area (Å²) in [5, 5.41) is 11.5. The number of aromatic carboxylic acids is 1. The van der Waals surface area contributed by atoms with Crippen molar-refractivity contribution in [3.05, 3.63) is 29.3 Å². The van der Waals surface area contributed by atoms with Crippen LogP contribution in [0.4, 0.5) is 0 Å². The molecule has 0 heterocycles. The second-order valence-corrected chi connectivity index (χ2v) is 3.91. The lowest BCUT2D eigenvalue weighted by molar-refractivity contribution is 0.0691. The Morgan fingerprint density at radius 1 is 1.41 bits per heavy atom. The fourth-order valence-electron chi connectivity index (χ4n) is 1.45. The highest BCUT2D eigenvalue weighted by Gasteiger charge is 2.26. The Hall–Kier alpha value is -2.04. The molecule has 0 unspecified atom stereocenters. The average molecular weight is 235 g/mol. The molecular formula is C12H13NO4. The first-order valence-corrected chi connectivity index (χ1v) is 5.38. The highest BCUT2D eigenvalue weighted by atomic mass is 16.5. The molecule has 1 fully saturated rings. The van der Waals surface area contributed by atoms with Crippen molar-refractivity contribution in [1.29, 1.82) is 0 Å². The maximum Gasteiger partial charge on any atom is 0.339 e. The number of benzene rings is 1. The molecule has 17 heavy (non-hydrogen) atoms. The van der Waals surface area contributed by atoms with E-state index in [-0.39, 0.29) is 23.3 Å². The number of carbonyl (C=O) groups excluding carboxylic acids is 1. The van der Waals surface area contributed by atoms with Crippen molar-refractivity contribution in [1.82, 2.24) is 5.32 Å². The van der Waals surface area contributed by atoms with Crippen molar-refractivity contribution < 1.29 is 19.4 Å². The van der Waals surface area contributed by atoms with E-state index in [1.165, 1.54) is 25.2 Å². The van der Waals surface area contributed by atoms with Gasteiger partial charge in [0.05, 0.1) is 6.10 Å². The number of hydrogen-bond donors (Lipinski definition) is 2. The van der Waals surface area contributed by atoms with E-state index < -0.39 is 5.97 Å². The van der Waals surface area contributed by atoms with E-state index in [4.69, 9.17) is 9.84 Å². The first kappa shape index (κ1) is 11.4. The van der Waals surface area contributed by atoms with Gasteiger partial charge in [-0.25, -0.2) is 4.79 Å². The van der Waals surface area contributed by atoms with E-state index in [2.05, 4.69) is 5.32 Å². The highest BCUT2D eigenvalue weighted by Crippen LogP contribution is 2.30. The fourth-order valence-corrected chi connectivity index (χ4v) is 1.45. The van der Waals surface area contributed by atoms with Crippen LogP contribution in [0.2, 0.25) is 0 Å². The smallest absolute Gasteiger partial charge is 0.339 e. The van der Waals surface area contributed by atoms with Crippen molar-refractivity contribution >= 4 is 11.9 Å². The van der Waals surface area contributed by atoms with Crippen LogP contribution in [0.15, 0.2) is 18.2 Å². The first-order valence-electron chi connectivity index (χ1n) is 5.38. The molecule has 0 aliphatic heterocycles. The largest absolute Gasteiger partial charge is 0.490 e. The molecule has 0 saturated heterocycles. The van der Waals surface area contributed by atoms with Gasteiger partial charge in [0, 0.05) is 12.6 Å². The predicted molar refractivity (Wildman–Crippen MR) is 60.4 cm³/mol.